The highest BCUT2D eigenvalue weighted by atomic mass is 16.5. The van der Waals surface area contributed by atoms with Gasteiger partial charge in [-0.1, -0.05) is 48.5 Å². The quantitative estimate of drug-likeness (QED) is 0.406. The molecule has 5 nitrogen and oxygen atoms in total. The summed E-state index contributed by atoms with van der Waals surface area (Å²) < 4.78 is 10.1. The number of para-hydroxylation sites is 1. The average molecular weight is 367 g/mol. The first-order valence-electron chi connectivity index (χ1n) is 8.79. The van der Waals surface area contributed by atoms with E-state index >= 15 is 0 Å². The van der Waals surface area contributed by atoms with Crippen LogP contribution in [0.15, 0.2) is 54.6 Å². The largest absolute Gasteiger partial charge is 0.496 e. The van der Waals surface area contributed by atoms with Gasteiger partial charge in [-0.3, -0.25) is 9.59 Å². The Kier molecular flexibility index (Phi) is 7.62. The topological polar surface area (TPSA) is 55.8 Å². The van der Waals surface area contributed by atoms with Gasteiger partial charge >= 0.3 is 5.97 Å². The summed E-state index contributed by atoms with van der Waals surface area (Å²) in [6, 6.07) is 17.1. The first-order chi connectivity index (χ1) is 13.1. The molecule has 27 heavy (non-hydrogen) atoms. The molecular weight excluding hydrogens is 342 g/mol. The standard InChI is InChI=1S/C22H25NO4/c1-23(15-9-14-21(24)27-3)22(25)19(17-10-5-4-6-11-17)16-18-12-7-8-13-20(18)26-2/h4-8,10-13,16H,9,14-15H2,1-3H3/b19-16+. The molecule has 0 spiro atoms. The zero-order chi connectivity index (χ0) is 19.6. The molecule has 0 unspecified atom stereocenters. The summed E-state index contributed by atoms with van der Waals surface area (Å²) in [5.41, 5.74) is 2.23. The van der Waals surface area contributed by atoms with E-state index in [0.717, 1.165) is 11.1 Å². The van der Waals surface area contributed by atoms with Crippen molar-refractivity contribution in [3.63, 3.8) is 0 Å². The Morgan fingerprint density at radius 1 is 1.00 bits per heavy atom. The van der Waals surface area contributed by atoms with Crippen molar-refractivity contribution in [2.24, 2.45) is 0 Å². The third-order valence-corrected chi connectivity index (χ3v) is 4.20. The van der Waals surface area contributed by atoms with E-state index in [2.05, 4.69) is 4.74 Å². The molecule has 2 aromatic carbocycles. The van der Waals surface area contributed by atoms with E-state index in [1.165, 1.54) is 7.11 Å². The highest BCUT2D eigenvalue weighted by molar-refractivity contribution is 6.24. The first kappa shape index (κ1) is 20.2. The number of ether oxygens (including phenoxy) is 2. The van der Waals surface area contributed by atoms with Gasteiger partial charge < -0.3 is 14.4 Å². The number of esters is 1. The lowest BCUT2D eigenvalue weighted by Gasteiger charge is -2.19. The number of carbonyl (C=O) groups excluding carboxylic acids is 2. The third-order valence-electron chi connectivity index (χ3n) is 4.20. The van der Waals surface area contributed by atoms with E-state index in [-0.39, 0.29) is 18.3 Å². The minimum Gasteiger partial charge on any atom is -0.496 e. The van der Waals surface area contributed by atoms with Crippen molar-refractivity contribution < 1.29 is 19.1 Å². The van der Waals surface area contributed by atoms with Crippen molar-refractivity contribution in [3.8, 4) is 5.75 Å². The van der Waals surface area contributed by atoms with Crippen molar-refractivity contribution >= 4 is 23.5 Å². The monoisotopic (exact) mass is 367 g/mol. The van der Waals surface area contributed by atoms with E-state index in [9.17, 15) is 9.59 Å². The predicted molar refractivity (Wildman–Crippen MR) is 106 cm³/mol. The predicted octanol–water partition coefficient (Wildman–Crippen LogP) is 3.65. The zero-order valence-electron chi connectivity index (χ0n) is 16.0. The van der Waals surface area contributed by atoms with Gasteiger partial charge in [-0.25, -0.2) is 0 Å². The van der Waals surface area contributed by atoms with Crippen LogP contribution in [0.3, 0.4) is 0 Å². The smallest absolute Gasteiger partial charge is 0.305 e. The van der Waals surface area contributed by atoms with Crippen LogP contribution in [0.2, 0.25) is 0 Å². The molecule has 0 radical (unpaired) electrons. The van der Waals surface area contributed by atoms with Gasteiger partial charge in [-0.15, -0.1) is 0 Å². The number of hydrogen-bond donors (Lipinski definition) is 0. The molecule has 0 saturated heterocycles. The van der Waals surface area contributed by atoms with Crippen LogP contribution in [0.25, 0.3) is 11.6 Å². The number of methoxy groups -OCH3 is 2. The third kappa shape index (κ3) is 5.71. The fourth-order valence-corrected chi connectivity index (χ4v) is 2.70. The minimum absolute atomic E-state index is 0.114. The van der Waals surface area contributed by atoms with Crippen molar-refractivity contribution in [1.29, 1.82) is 0 Å². The lowest BCUT2D eigenvalue weighted by Crippen LogP contribution is -2.29. The fourth-order valence-electron chi connectivity index (χ4n) is 2.70. The van der Waals surface area contributed by atoms with Crippen LogP contribution < -0.4 is 4.74 Å². The Bertz CT molecular complexity index is 799. The number of amides is 1. The summed E-state index contributed by atoms with van der Waals surface area (Å²) in [4.78, 5) is 26.0. The van der Waals surface area contributed by atoms with E-state index in [4.69, 9.17) is 4.74 Å². The van der Waals surface area contributed by atoms with E-state index in [1.54, 1.807) is 19.1 Å². The van der Waals surface area contributed by atoms with Gasteiger partial charge in [0.1, 0.15) is 5.75 Å². The van der Waals surface area contributed by atoms with Crippen LogP contribution in [-0.2, 0) is 14.3 Å². The van der Waals surface area contributed by atoms with Gasteiger partial charge in [-0.2, -0.15) is 0 Å². The Labute approximate surface area is 160 Å². The molecule has 0 saturated carbocycles. The van der Waals surface area contributed by atoms with Crippen LogP contribution >= 0.6 is 0 Å². The number of carbonyl (C=O) groups is 2. The summed E-state index contributed by atoms with van der Waals surface area (Å²) >= 11 is 0. The molecule has 0 atom stereocenters. The van der Waals surface area contributed by atoms with Gasteiger partial charge in [-0.05, 0) is 24.1 Å². The molecule has 1 amide bonds. The Hall–Kier alpha value is -3.08. The van der Waals surface area contributed by atoms with Crippen molar-refractivity contribution in [2.45, 2.75) is 12.8 Å². The summed E-state index contributed by atoms with van der Waals surface area (Å²) in [6.07, 6.45) is 2.67. The molecule has 0 heterocycles. The summed E-state index contributed by atoms with van der Waals surface area (Å²) in [7, 11) is 4.70. The van der Waals surface area contributed by atoms with Crippen molar-refractivity contribution in [3.05, 3.63) is 65.7 Å². The molecule has 0 aliphatic heterocycles. The Morgan fingerprint density at radius 3 is 2.33 bits per heavy atom. The molecule has 142 valence electrons. The van der Waals surface area contributed by atoms with E-state index < -0.39 is 0 Å². The average Bonchev–Trinajstić information content (AvgIpc) is 2.72. The lowest BCUT2D eigenvalue weighted by atomic mass is 10.0. The molecule has 2 rings (SSSR count). The van der Waals surface area contributed by atoms with Gasteiger partial charge in [0.25, 0.3) is 5.91 Å². The normalized spacial score (nSPS) is 11.0. The first-order valence-corrected chi connectivity index (χ1v) is 8.79. The van der Waals surface area contributed by atoms with Crippen LogP contribution in [0.4, 0.5) is 0 Å². The summed E-state index contributed by atoms with van der Waals surface area (Å²) in [6.45, 7) is 0.462. The Morgan fingerprint density at radius 2 is 1.67 bits per heavy atom. The second-order valence-electron chi connectivity index (χ2n) is 6.07. The van der Waals surface area contributed by atoms with Crippen LogP contribution in [-0.4, -0.2) is 44.6 Å². The number of rotatable bonds is 8. The number of nitrogens with zero attached hydrogens (tertiary/aromatic N) is 1. The second-order valence-corrected chi connectivity index (χ2v) is 6.07. The van der Waals surface area contributed by atoms with Crippen LogP contribution in [0.1, 0.15) is 24.0 Å². The van der Waals surface area contributed by atoms with Gasteiger partial charge in [0.15, 0.2) is 0 Å². The van der Waals surface area contributed by atoms with E-state index in [1.807, 2.05) is 60.7 Å². The van der Waals surface area contributed by atoms with Crippen molar-refractivity contribution in [1.82, 2.24) is 4.90 Å². The highest BCUT2D eigenvalue weighted by Crippen LogP contribution is 2.26. The van der Waals surface area contributed by atoms with E-state index in [0.29, 0.717) is 24.3 Å². The molecule has 0 aliphatic rings. The minimum atomic E-state index is -0.274. The maximum Gasteiger partial charge on any atom is 0.305 e. The molecule has 0 aromatic heterocycles. The summed E-state index contributed by atoms with van der Waals surface area (Å²) in [5.74, 6) is 0.313. The number of likely N-dealkylation sites (N-methyl/N-ethyl adjacent to an activating group) is 1. The maximum absolute atomic E-state index is 13.1. The molecule has 0 N–H and O–H groups in total. The van der Waals surface area contributed by atoms with Gasteiger partial charge in [0, 0.05) is 31.1 Å². The number of hydrogen-bond acceptors (Lipinski definition) is 4. The SMILES string of the molecule is COC(=O)CCCN(C)C(=O)/C(=C/c1ccccc1OC)c1ccccc1. The number of benzene rings is 2. The van der Waals surface area contributed by atoms with Crippen molar-refractivity contribution in [2.75, 3.05) is 27.8 Å². The molecule has 0 bridgehead atoms. The second kappa shape index (κ2) is 10.2. The molecule has 5 heteroatoms. The van der Waals surface area contributed by atoms with Gasteiger partial charge in [0.05, 0.1) is 14.2 Å². The molecular formula is C22H25NO4. The Balaban J connectivity index is 2.29. The van der Waals surface area contributed by atoms with Crippen LogP contribution in [0.5, 0.6) is 5.75 Å². The van der Waals surface area contributed by atoms with Crippen LogP contribution in [0, 0.1) is 0 Å². The summed E-state index contributed by atoms with van der Waals surface area (Å²) in [5, 5.41) is 0. The molecule has 0 aliphatic carbocycles. The highest BCUT2D eigenvalue weighted by Gasteiger charge is 2.17. The zero-order valence-corrected chi connectivity index (χ0v) is 16.0. The van der Waals surface area contributed by atoms with Gasteiger partial charge in [0.2, 0.25) is 0 Å². The molecule has 0 fully saturated rings. The fraction of sp³-hybridized carbons (Fsp3) is 0.273. The molecule has 2 aromatic rings. The lowest BCUT2D eigenvalue weighted by molar-refractivity contribution is -0.141. The maximum atomic E-state index is 13.1.